The maximum atomic E-state index is 14.0. The minimum atomic E-state index is -0.366. The molecule has 8 aromatic heterocycles. The number of H-pyrrole nitrogens is 1. The van der Waals surface area contributed by atoms with Crippen molar-refractivity contribution in [3.8, 4) is 30.1 Å². The molecule has 0 bridgehead atoms. The Hall–Kier alpha value is -10.6. The third-order valence-electron chi connectivity index (χ3n) is 10.3. The van der Waals surface area contributed by atoms with Crippen LogP contribution < -0.4 is 22.9 Å². The Morgan fingerprint density at radius 1 is 0.476 bits per heavy atom. The van der Waals surface area contributed by atoms with Crippen molar-refractivity contribution in [2.24, 2.45) is 0 Å². The summed E-state index contributed by atoms with van der Waals surface area (Å²) in [5.41, 5.74) is 27.1. The van der Waals surface area contributed by atoms with Crippen LogP contribution in [0.25, 0.3) is 28.3 Å². The van der Waals surface area contributed by atoms with Gasteiger partial charge in [0.1, 0.15) is 34.3 Å². The molecule has 12 rings (SSSR count). The highest BCUT2D eigenvalue weighted by atomic mass is 35.5. The first-order chi connectivity index (χ1) is 40.6. The molecular weight excluding hydrogens is 1170 g/mol. The fourth-order valence-corrected chi connectivity index (χ4v) is 7.13. The first-order valence-electron chi connectivity index (χ1n) is 23.6. The number of aromatic nitrogens is 18. The number of nitrogens with two attached hydrogens (primary N) is 4. The topological polar surface area (TPSA) is 331 Å². The van der Waals surface area contributed by atoms with Gasteiger partial charge in [-0.15, -0.1) is 6.42 Å². The lowest BCUT2D eigenvalue weighted by Gasteiger charge is -2.02. The number of benzene rings is 4. The zero-order valence-corrected chi connectivity index (χ0v) is 45.8. The summed E-state index contributed by atoms with van der Waals surface area (Å²) in [7, 11) is 0. The molecule has 4 aromatic carbocycles. The van der Waals surface area contributed by atoms with Crippen molar-refractivity contribution < 1.29 is 17.6 Å². The fourth-order valence-electron chi connectivity index (χ4n) is 6.59. The molecule has 0 fully saturated rings. The molecule has 0 saturated heterocycles. The SMILES string of the molecule is C#Cc1ccccc1F.Clc1nccnc1Cl.Fc1ccccc1C#Cc1nccnc1Cl.Fc1ccccc1Cc1[nH]nc2nccnc12.Nc1nc(N)nc(-n2nc(Cc3ccccc3F)c3nccnc32)n1.Nc1nc(N)nc(Cl)n1. The monoisotopic (exact) mass is 1210 g/mol. The summed E-state index contributed by atoms with van der Waals surface area (Å²) >= 11 is 21.9. The predicted molar refractivity (Wildman–Crippen MR) is 308 cm³/mol. The number of hydrogen-bond acceptors (Lipinski definition) is 20. The number of hydrogen-bond donors (Lipinski definition) is 5. The van der Waals surface area contributed by atoms with Crippen LogP contribution in [-0.2, 0) is 12.8 Å². The van der Waals surface area contributed by atoms with Crippen molar-refractivity contribution in [2.75, 3.05) is 22.9 Å². The van der Waals surface area contributed by atoms with E-state index in [2.05, 4.69) is 103 Å². The Morgan fingerprint density at radius 3 is 1.46 bits per heavy atom. The summed E-state index contributed by atoms with van der Waals surface area (Å²) in [6.45, 7) is 0. The van der Waals surface area contributed by atoms with Gasteiger partial charge >= 0.3 is 0 Å². The molecule has 420 valence electrons. The number of nitrogen functional groups attached to an aromatic ring is 4. The average Bonchev–Trinajstić information content (AvgIpc) is 3.15. The van der Waals surface area contributed by atoms with E-state index >= 15 is 0 Å². The van der Waals surface area contributed by atoms with Gasteiger partial charge in [0.05, 0.1) is 22.5 Å². The lowest BCUT2D eigenvalue weighted by atomic mass is 10.1. The van der Waals surface area contributed by atoms with Crippen molar-refractivity contribution in [2.45, 2.75) is 12.8 Å². The maximum Gasteiger partial charge on any atom is 0.259 e. The quantitative estimate of drug-likeness (QED) is 0.0792. The lowest BCUT2D eigenvalue weighted by molar-refractivity contribution is 0.612. The van der Waals surface area contributed by atoms with Crippen LogP contribution in [-0.4, -0.2) is 89.8 Å². The van der Waals surface area contributed by atoms with E-state index in [9.17, 15) is 17.6 Å². The van der Waals surface area contributed by atoms with Gasteiger partial charge in [-0.25, -0.2) is 57.4 Å². The number of nitrogens with one attached hydrogen (secondary N) is 1. The van der Waals surface area contributed by atoms with E-state index < -0.39 is 0 Å². The van der Waals surface area contributed by atoms with Gasteiger partial charge in [0.15, 0.2) is 32.4 Å². The van der Waals surface area contributed by atoms with Crippen LogP contribution in [0.4, 0.5) is 41.4 Å². The zero-order valence-electron chi connectivity index (χ0n) is 42.8. The van der Waals surface area contributed by atoms with Gasteiger partial charge in [-0.05, 0) is 65.0 Å². The normalized spacial score (nSPS) is 10.1. The van der Waals surface area contributed by atoms with Gasteiger partial charge in [-0.2, -0.15) is 44.8 Å². The van der Waals surface area contributed by atoms with Gasteiger partial charge in [0.25, 0.3) is 5.95 Å². The first kappa shape index (κ1) is 61.0. The Bertz CT molecular complexity index is 4150. The second-order valence-electron chi connectivity index (χ2n) is 15.9. The predicted octanol–water partition coefficient (Wildman–Crippen LogP) is 8.93. The molecule has 0 atom stereocenters. The Labute approximate surface area is 493 Å². The molecule has 22 nitrogen and oxygen atoms in total. The van der Waals surface area contributed by atoms with E-state index in [-0.39, 0.29) is 80.2 Å². The molecule has 0 spiro atoms. The zero-order chi connectivity index (χ0) is 60.0. The number of anilines is 4. The molecule has 0 unspecified atom stereocenters. The highest BCUT2D eigenvalue weighted by molar-refractivity contribution is 6.40. The van der Waals surface area contributed by atoms with Gasteiger partial charge in [-0.3, -0.25) is 5.10 Å². The van der Waals surface area contributed by atoms with Crippen LogP contribution in [0.2, 0.25) is 20.7 Å². The molecule has 0 aliphatic heterocycles. The second kappa shape index (κ2) is 30.3. The summed E-state index contributed by atoms with van der Waals surface area (Å²) < 4.78 is 54.5. The first-order valence-corrected chi connectivity index (χ1v) is 25.1. The third-order valence-corrected chi connectivity index (χ3v) is 11.3. The van der Waals surface area contributed by atoms with Crippen LogP contribution in [0.5, 0.6) is 0 Å². The highest BCUT2D eigenvalue weighted by Gasteiger charge is 2.18. The Kier molecular flexibility index (Phi) is 22.0. The van der Waals surface area contributed by atoms with Crippen molar-refractivity contribution in [3.05, 3.63) is 230 Å². The third kappa shape index (κ3) is 17.7. The van der Waals surface area contributed by atoms with Crippen molar-refractivity contribution in [3.63, 3.8) is 0 Å². The molecule has 0 amide bonds. The van der Waals surface area contributed by atoms with Crippen LogP contribution in [0.15, 0.2) is 147 Å². The Balaban J connectivity index is 0.000000152. The second-order valence-corrected chi connectivity index (χ2v) is 17.3. The number of halogens is 8. The largest absolute Gasteiger partial charge is 0.368 e. The van der Waals surface area contributed by atoms with Gasteiger partial charge in [0.2, 0.25) is 29.1 Å². The van der Waals surface area contributed by atoms with Crippen LogP contribution in [0.3, 0.4) is 0 Å². The van der Waals surface area contributed by atoms with E-state index in [4.69, 9.17) is 75.8 Å². The summed E-state index contributed by atoms with van der Waals surface area (Å²) in [5, 5.41) is 12.0. The number of aromatic amines is 1. The van der Waals surface area contributed by atoms with E-state index in [0.29, 0.717) is 62.4 Å². The minimum absolute atomic E-state index is 0.0139. The smallest absolute Gasteiger partial charge is 0.259 e. The standard InChI is InChI=1S/C15H12FN9.C12H6ClFN2.C12H9FN4.C8H5F.C4H2Cl2N2.C3H4ClN5/c16-9-4-2-1-3-8(9)7-10-11-12(20-6-5-19-11)25(24-10)15-22-13(17)21-14(18)23-15;13-12-11(15-7-8-16-12)6-5-9-3-1-2-4-10(9)14;13-9-4-2-1-3-8(9)7-10-11-12(17-16-10)15-6-5-14-11;1-2-7-5-3-4-6-8(7)9;5-3-4(6)8-2-1-7-3;4-1-7-2(5)9-3(6)8-1/h1-6H,7H2,(H4,17,18,21,22,23);1-4,7-8H;1-6H,7H2,(H,15,16,17);1,3-6H;1-2H;(H4,5,6,7,8,9). The highest BCUT2D eigenvalue weighted by Crippen LogP contribution is 2.22. The summed E-state index contributed by atoms with van der Waals surface area (Å²) in [4.78, 5) is 54.1. The summed E-state index contributed by atoms with van der Waals surface area (Å²) in [5.74, 6) is 6.43. The molecule has 8 heterocycles. The summed E-state index contributed by atoms with van der Waals surface area (Å²) in [6.07, 6.45) is 17.8. The molecule has 9 N–H and O–H groups in total. The van der Waals surface area contributed by atoms with Gasteiger partial charge < -0.3 is 22.9 Å². The summed E-state index contributed by atoms with van der Waals surface area (Å²) in [6, 6.07) is 25.6. The number of nitrogens with zero attached hydrogens (tertiary/aromatic N) is 17. The lowest BCUT2D eigenvalue weighted by Crippen LogP contribution is -2.10. The van der Waals surface area contributed by atoms with Gasteiger partial charge in [-0.1, -0.05) is 107 Å². The molecule has 84 heavy (non-hydrogen) atoms. The van der Waals surface area contributed by atoms with E-state index in [1.54, 1.807) is 79.1 Å². The average molecular weight is 1210 g/mol. The molecule has 0 aliphatic rings. The van der Waals surface area contributed by atoms with Gasteiger partial charge in [0, 0.05) is 62.4 Å². The number of rotatable bonds is 5. The van der Waals surface area contributed by atoms with E-state index in [0.717, 1.165) is 5.69 Å². The van der Waals surface area contributed by atoms with E-state index in [1.807, 2.05) is 6.07 Å². The van der Waals surface area contributed by atoms with Crippen molar-refractivity contribution >= 4 is 92.5 Å². The molecule has 0 radical (unpaired) electrons. The molecule has 0 aliphatic carbocycles. The maximum absolute atomic E-state index is 14.0. The molecular formula is C54H38Cl4F4N22. The molecule has 0 saturated carbocycles. The van der Waals surface area contributed by atoms with E-state index in [1.165, 1.54) is 66.1 Å². The van der Waals surface area contributed by atoms with Crippen LogP contribution in [0, 0.1) is 47.5 Å². The minimum Gasteiger partial charge on any atom is -0.368 e. The fraction of sp³-hybridized carbons (Fsp3) is 0.0370. The van der Waals surface area contributed by atoms with Crippen molar-refractivity contribution in [1.82, 2.24) is 89.8 Å². The number of terminal acetylenes is 1. The van der Waals surface area contributed by atoms with Crippen LogP contribution >= 0.6 is 46.4 Å². The van der Waals surface area contributed by atoms with Crippen molar-refractivity contribution in [1.29, 1.82) is 0 Å². The van der Waals surface area contributed by atoms with Crippen LogP contribution in [0.1, 0.15) is 39.3 Å². The molecule has 12 aromatic rings. The molecule has 30 heteroatoms. The number of fused-ring (bicyclic) bond motifs is 2. The Morgan fingerprint density at radius 2 is 0.940 bits per heavy atom.